The highest BCUT2D eigenvalue weighted by atomic mass is 32.1. The normalized spacial score (nSPS) is 10.2. The Morgan fingerprint density at radius 2 is 2.23 bits per heavy atom. The van der Waals surface area contributed by atoms with E-state index in [4.69, 9.17) is 11.0 Å². The topological polar surface area (TPSA) is 49.8 Å². The molecule has 0 bridgehead atoms. The summed E-state index contributed by atoms with van der Waals surface area (Å²) in [4.78, 5) is 0.807. The zero-order valence-electron chi connectivity index (χ0n) is 6.61. The lowest BCUT2D eigenvalue weighted by Crippen LogP contribution is -1.82. The van der Waals surface area contributed by atoms with Gasteiger partial charge in [0.1, 0.15) is 11.1 Å². The van der Waals surface area contributed by atoms with Gasteiger partial charge in [-0.3, -0.25) is 0 Å². The van der Waals surface area contributed by atoms with Crippen LogP contribution in [0, 0.1) is 11.3 Å². The van der Waals surface area contributed by atoms with Crippen molar-refractivity contribution in [1.82, 2.24) is 0 Å². The number of thiophene rings is 1. The van der Waals surface area contributed by atoms with E-state index in [1.807, 2.05) is 18.2 Å². The van der Waals surface area contributed by atoms with Gasteiger partial charge < -0.3 is 5.73 Å². The van der Waals surface area contributed by atoms with E-state index in [1.54, 1.807) is 0 Å². The number of nitrogens with two attached hydrogens (primary N) is 1. The lowest BCUT2D eigenvalue weighted by molar-refractivity contribution is 1.50. The van der Waals surface area contributed by atoms with Crippen LogP contribution in [-0.4, -0.2) is 0 Å². The van der Waals surface area contributed by atoms with Gasteiger partial charge in [0.2, 0.25) is 0 Å². The van der Waals surface area contributed by atoms with Gasteiger partial charge in [-0.25, -0.2) is 0 Å². The van der Waals surface area contributed by atoms with Crippen LogP contribution >= 0.6 is 24.0 Å². The van der Waals surface area contributed by atoms with Crippen molar-refractivity contribution in [2.45, 2.75) is 4.90 Å². The molecular weight excluding hydrogens is 200 g/mol. The van der Waals surface area contributed by atoms with Crippen molar-refractivity contribution in [3.8, 4) is 6.07 Å². The SMILES string of the molecule is N#Cc1c(N)sc2cccc(S)c12. The van der Waals surface area contributed by atoms with Crippen molar-refractivity contribution in [2.24, 2.45) is 0 Å². The Hall–Kier alpha value is -1.18. The molecule has 0 aliphatic carbocycles. The van der Waals surface area contributed by atoms with Crippen molar-refractivity contribution in [3.63, 3.8) is 0 Å². The molecule has 2 nitrogen and oxygen atoms in total. The maximum Gasteiger partial charge on any atom is 0.105 e. The molecule has 2 rings (SSSR count). The highest BCUT2D eigenvalue weighted by Crippen LogP contribution is 2.36. The third-order valence-corrected chi connectivity index (χ3v) is 3.19. The number of nitrogen functional groups attached to an aromatic ring is 1. The van der Waals surface area contributed by atoms with Crippen LogP contribution in [0.3, 0.4) is 0 Å². The number of anilines is 1. The summed E-state index contributed by atoms with van der Waals surface area (Å²) < 4.78 is 1.02. The van der Waals surface area contributed by atoms with E-state index in [2.05, 4.69) is 18.7 Å². The van der Waals surface area contributed by atoms with Gasteiger partial charge in [-0.05, 0) is 12.1 Å². The van der Waals surface area contributed by atoms with Crippen LogP contribution in [0.2, 0.25) is 0 Å². The van der Waals surface area contributed by atoms with Crippen LogP contribution in [0.5, 0.6) is 0 Å². The summed E-state index contributed by atoms with van der Waals surface area (Å²) in [5.74, 6) is 0. The number of nitriles is 1. The fourth-order valence-electron chi connectivity index (χ4n) is 1.26. The first-order chi connectivity index (χ1) is 6.24. The second-order valence-corrected chi connectivity index (χ2v) is 4.17. The van der Waals surface area contributed by atoms with E-state index >= 15 is 0 Å². The van der Waals surface area contributed by atoms with Crippen molar-refractivity contribution in [1.29, 1.82) is 5.26 Å². The van der Waals surface area contributed by atoms with Gasteiger partial charge in [0.15, 0.2) is 0 Å². The van der Waals surface area contributed by atoms with Crippen LogP contribution in [0.1, 0.15) is 5.56 Å². The number of hydrogen-bond acceptors (Lipinski definition) is 4. The molecule has 1 aromatic heterocycles. The highest BCUT2D eigenvalue weighted by Gasteiger charge is 2.10. The fraction of sp³-hybridized carbons (Fsp3) is 0. The maximum atomic E-state index is 8.87. The molecule has 1 heterocycles. The molecule has 0 saturated carbocycles. The predicted molar refractivity (Wildman–Crippen MR) is 58.2 cm³/mol. The second-order valence-electron chi connectivity index (χ2n) is 2.60. The zero-order valence-corrected chi connectivity index (χ0v) is 8.32. The largest absolute Gasteiger partial charge is 0.389 e. The second kappa shape index (κ2) is 2.95. The van der Waals surface area contributed by atoms with Crippen molar-refractivity contribution in [2.75, 3.05) is 5.73 Å². The highest BCUT2D eigenvalue weighted by molar-refractivity contribution is 7.80. The minimum Gasteiger partial charge on any atom is -0.389 e. The average molecular weight is 206 g/mol. The molecule has 0 aliphatic heterocycles. The summed E-state index contributed by atoms with van der Waals surface area (Å²) in [6.07, 6.45) is 0. The average Bonchev–Trinajstić information content (AvgIpc) is 2.42. The summed E-state index contributed by atoms with van der Waals surface area (Å²) in [5, 5.41) is 10.3. The number of benzene rings is 1. The molecule has 0 unspecified atom stereocenters. The molecule has 2 aromatic rings. The molecule has 2 N–H and O–H groups in total. The molecule has 4 heteroatoms. The van der Waals surface area contributed by atoms with Crippen molar-refractivity contribution < 1.29 is 0 Å². The number of nitrogens with zero attached hydrogens (tertiary/aromatic N) is 1. The number of rotatable bonds is 0. The molecule has 0 saturated heterocycles. The third kappa shape index (κ3) is 1.17. The molecule has 0 aliphatic rings. The Morgan fingerprint density at radius 1 is 1.46 bits per heavy atom. The number of thiol groups is 1. The van der Waals surface area contributed by atoms with Crippen molar-refractivity contribution in [3.05, 3.63) is 23.8 Å². The van der Waals surface area contributed by atoms with Crippen LogP contribution in [0.15, 0.2) is 23.1 Å². The van der Waals surface area contributed by atoms with E-state index in [9.17, 15) is 0 Å². The van der Waals surface area contributed by atoms with Crippen LogP contribution in [-0.2, 0) is 0 Å². The molecule has 0 atom stereocenters. The first-order valence-corrected chi connectivity index (χ1v) is 4.90. The van der Waals surface area contributed by atoms with Gasteiger partial charge in [0.05, 0.1) is 5.56 Å². The quantitative estimate of drug-likeness (QED) is 0.651. The zero-order chi connectivity index (χ0) is 9.42. The van der Waals surface area contributed by atoms with Gasteiger partial charge in [0.25, 0.3) is 0 Å². The molecule has 0 fully saturated rings. The maximum absolute atomic E-state index is 8.87. The van der Waals surface area contributed by atoms with Gasteiger partial charge >= 0.3 is 0 Å². The van der Waals surface area contributed by atoms with E-state index in [-0.39, 0.29) is 0 Å². The van der Waals surface area contributed by atoms with E-state index < -0.39 is 0 Å². The van der Waals surface area contributed by atoms with Gasteiger partial charge in [-0.15, -0.1) is 24.0 Å². The van der Waals surface area contributed by atoms with E-state index in [0.29, 0.717) is 10.6 Å². The van der Waals surface area contributed by atoms with Crippen LogP contribution < -0.4 is 5.73 Å². The molecule has 0 amide bonds. The summed E-state index contributed by atoms with van der Waals surface area (Å²) in [6.45, 7) is 0. The molecule has 13 heavy (non-hydrogen) atoms. The number of fused-ring (bicyclic) bond motifs is 1. The molecule has 0 spiro atoms. The number of hydrogen-bond donors (Lipinski definition) is 2. The Morgan fingerprint density at radius 3 is 2.92 bits per heavy atom. The predicted octanol–water partition coefficient (Wildman–Crippen LogP) is 2.64. The van der Waals surface area contributed by atoms with E-state index in [1.165, 1.54) is 11.3 Å². The molecule has 0 radical (unpaired) electrons. The Labute approximate surface area is 85.0 Å². The lowest BCUT2D eigenvalue weighted by atomic mass is 10.2. The summed E-state index contributed by atoms with van der Waals surface area (Å²) in [6, 6.07) is 7.80. The van der Waals surface area contributed by atoms with Gasteiger partial charge in [-0.2, -0.15) is 5.26 Å². The molecule has 1 aromatic carbocycles. The lowest BCUT2D eigenvalue weighted by Gasteiger charge is -1.93. The monoisotopic (exact) mass is 206 g/mol. The van der Waals surface area contributed by atoms with Crippen LogP contribution in [0.4, 0.5) is 5.00 Å². The standard InChI is InChI=1S/C9H6N2S2/c10-4-5-8-6(12)2-1-3-7(8)13-9(5)11/h1-3,12H,11H2. The fourth-order valence-corrected chi connectivity index (χ4v) is 2.60. The summed E-state index contributed by atoms with van der Waals surface area (Å²) in [7, 11) is 0. The Balaban J connectivity index is 2.99. The minimum atomic E-state index is 0.547. The Bertz CT molecular complexity index is 508. The van der Waals surface area contributed by atoms with E-state index in [0.717, 1.165) is 15.0 Å². The first kappa shape index (κ1) is 8.42. The molecular formula is C9H6N2S2. The smallest absolute Gasteiger partial charge is 0.105 e. The third-order valence-electron chi connectivity index (χ3n) is 1.83. The summed E-state index contributed by atoms with van der Waals surface area (Å²) in [5.41, 5.74) is 6.24. The van der Waals surface area contributed by atoms with Crippen molar-refractivity contribution >= 4 is 39.1 Å². The molecule has 64 valence electrons. The summed E-state index contributed by atoms with van der Waals surface area (Å²) >= 11 is 5.71. The Kier molecular flexibility index (Phi) is 1.91. The van der Waals surface area contributed by atoms with Gasteiger partial charge in [-0.1, -0.05) is 6.07 Å². The first-order valence-electron chi connectivity index (χ1n) is 3.64. The van der Waals surface area contributed by atoms with Crippen LogP contribution in [0.25, 0.3) is 10.1 Å². The minimum absolute atomic E-state index is 0.547. The van der Waals surface area contributed by atoms with Gasteiger partial charge in [0, 0.05) is 15.0 Å².